The van der Waals surface area contributed by atoms with Gasteiger partial charge in [-0.2, -0.15) is 0 Å². The summed E-state index contributed by atoms with van der Waals surface area (Å²) in [5.41, 5.74) is 3.85. The van der Waals surface area contributed by atoms with E-state index in [-0.39, 0.29) is 0 Å². The number of hydrogen-bond donors (Lipinski definition) is 0. The van der Waals surface area contributed by atoms with Gasteiger partial charge in [0.15, 0.2) is 0 Å². The summed E-state index contributed by atoms with van der Waals surface area (Å²) in [5, 5.41) is 0. The molecule has 1 heterocycles. The van der Waals surface area contributed by atoms with E-state index in [4.69, 9.17) is 0 Å². The van der Waals surface area contributed by atoms with Gasteiger partial charge in [-0.25, -0.2) is 4.98 Å². The van der Waals surface area contributed by atoms with E-state index in [9.17, 15) is 0 Å². The number of benzene rings is 1. The van der Waals surface area contributed by atoms with E-state index in [1.54, 1.807) is 0 Å². The van der Waals surface area contributed by atoms with E-state index in [1.165, 1.54) is 23.9 Å². The van der Waals surface area contributed by atoms with Crippen molar-refractivity contribution in [2.75, 3.05) is 0 Å². The highest BCUT2D eigenvalue weighted by Gasteiger charge is 2.24. The lowest BCUT2D eigenvalue weighted by Crippen LogP contribution is -1.91. The number of imidazole rings is 1. The van der Waals surface area contributed by atoms with Crippen molar-refractivity contribution in [3.8, 4) is 0 Å². The Morgan fingerprint density at radius 1 is 1.43 bits per heavy atom. The lowest BCUT2D eigenvalue weighted by molar-refractivity contribution is 0.765. The van der Waals surface area contributed by atoms with Gasteiger partial charge in [-0.15, -0.1) is 0 Å². The third kappa shape index (κ3) is 1.14. The predicted molar refractivity (Wildman–Crippen MR) is 57.4 cm³/mol. The Morgan fingerprint density at radius 2 is 2.29 bits per heavy atom. The van der Waals surface area contributed by atoms with Crippen LogP contribution in [0, 0.1) is 0 Å². The third-order valence-electron chi connectivity index (χ3n) is 2.99. The van der Waals surface area contributed by atoms with Crippen molar-refractivity contribution in [1.29, 1.82) is 0 Å². The van der Waals surface area contributed by atoms with Crippen molar-refractivity contribution >= 4 is 11.0 Å². The Bertz CT molecular complexity index is 466. The number of aryl methyl sites for hydroxylation is 1. The number of rotatable bonds is 2. The molecule has 0 N–H and O–H groups in total. The summed E-state index contributed by atoms with van der Waals surface area (Å²) in [7, 11) is 0. The Labute approximate surface area is 83.6 Å². The summed E-state index contributed by atoms with van der Waals surface area (Å²) in [4.78, 5) is 4.42. The van der Waals surface area contributed by atoms with Gasteiger partial charge >= 0.3 is 0 Å². The van der Waals surface area contributed by atoms with Gasteiger partial charge in [0.2, 0.25) is 0 Å². The fourth-order valence-electron chi connectivity index (χ4n) is 1.94. The van der Waals surface area contributed by atoms with Crippen LogP contribution in [0.2, 0.25) is 0 Å². The van der Waals surface area contributed by atoms with Gasteiger partial charge in [-0.3, -0.25) is 0 Å². The first-order valence-electron chi connectivity index (χ1n) is 5.34. The first-order chi connectivity index (χ1) is 6.88. The van der Waals surface area contributed by atoms with Crippen molar-refractivity contribution in [1.82, 2.24) is 9.55 Å². The quantitative estimate of drug-likeness (QED) is 0.705. The van der Waals surface area contributed by atoms with Gasteiger partial charge in [-0.1, -0.05) is 13.0 Å². The van der Waals surface area contributed by atoms with Crippen LogP contribution in [0.1, 0.15) is 31.4 Å². The van der Waals surface area contributed by atoms with Crippen LogP contribution in [-0.2, 0) is 6.42 Å². The van der Waals surface area contributed by atoms with Crippen molar-refractivity contribution in [2.45, 2.75) is 32.2 Å². The van der Waals surface area contributed by atoms with Crippen LogP contribution in [0.25, 0.3) is 11.0 Å². The summed E-state index contributed by atoms with van der Waals surface area (Å²) < 4.78 is 2.33. The Morgan fingerprint density at radius 3 is 3.00 bits per heavy atom. The van der Waals surface area contributed by atoms with Crippen LogP contribution >= 0.6 is 0 Å². The molecule has 1 aliphatic carbocycles. The summed E-state index contributed by atoms with van der Waals surface area (Å²) in [6.07, 6.45) is 5.73. The fourth-order valence-corrected chi connectivity index (χ4v) is 1.94. The van der Waals surface area contributed by atoms with Crippen LogP contribution in [-0.4, -0.2) is 9.55 Å². The first kappa shape index (κ1) is 8.04. The van der Waals surface area contributed by atoms with Crippen molar-refractivity contribution in [2.24, 2.45) is 0 Å². The number of hydrogen-bond acceptors (Lipinski definition) is 1. The van der Waals surface area contributed by atoms with Gasteiger partial charge in [0.1, 0.15) is 0 Å². The van der Waals surface area contributed by atoms with Crippen molar-refractivity contribution in [3.63, 3.8) is 0 Å². The van der Waals surface area contributed by atoms with E-state index in [0.717, 1.165) is 18.0 Å². The Kier molecular flexibility index (Phi) is 1.63. The molecule has 0 spiro atoms. The van der Waals surface area contributed by atoms with E-state index in [2.05, 4.69) is 34.7 Å². The highest BCUT2D eigenvalue weighted by Crippen LogP contribution is 2.37. The van der Waals surface area contributed by atoms with E-state index < -0.39 is 0 Å². The Balaban J connectivity index is 2.20. The van der Waals surface area contributed by atoms with Gasteiger partial charge in [0.05, 0.1) is 17.4 Å². The molecule has 1 fully saturated rings. The van der Waals surface area contributed by atoms with Gasteiger partial charge in [0.25, 0.3) is 0 Å². The summed E-state index contributed by atoms with van der Waals surface area (Å²) in [6.45, 7) is 2.19. The molecular weight excluding hydrogens is 172 g/mol. The predicted octanol–water partition coefficient (Wildman–Crippen LogP) is 2.93. The first-order valence-corrected chi connectivity index (χ1v) is 5.34. The van der Waals surface area contributed by atoms with Crippen LogP contribution < -0.4 is 0 Å². The highest BCUT2D eigenvalue weighted by atomic mass is 15.1. The summed E-state index contributed by atoms with van der Waals surface area (Å²) >= 11 is 0. The topological polar surface area (TPSA) is 17.8 Å². The molecular formula is C12H14N2. The molecule has 3 rings (SSSR count). The van der Waals surface area contributed by atoms with Crippen LogP contribution in [0.3, 0.4) is 0 Å². The summed E-state index contributed by atoms with van der Waals surface area (Å²) in [6, 6.07) is 7.31. The molecule has 0 aliphatic heterocycles. The molecule has 1 aromatic carbocycles. The standard InChI is InChI=1S/C12H14N2/c1-2-9-3-6-11-12(7-9)14(8-13-11)10-4-5-10/h3,6-8,10H,2,4-5H2,1H3. The van der Waals surface area contributed by atoms with Crippen molar-refractivity contribution < 1.29 is 0 Å². The molecule has 2 aromatic rings. The van der Waals surface area contributed by atoms with Gasteiger partial charge in [0, 0.05) is 6.04 Å². The summed E-state index contributed by atoms with van der Waals surface area (Å²) in [5.74, 6) is 0. The molecule has 1 saturated carbocycles. The number of aromatic nitrogens is 2. The molecule has 72 valence electrons. The molecule has 2 nitrogen and oxygen atoms in total. The normalized spacial score (nSPS) is 16.4. The van der Waals surface area contributed by atoms with Gasteiger partial charge in [-0.05, 0) is 37.0 Å². The van der Waals surface area contributed by atoms with Crippen LogP contribution in [0.15, 0.2) is 24.5 Å². The number of fused-ring (bicyclic) bond motifs is 1. The molecule has 1 aliphatic rings. The van der Waals surface area contributed by atoms with E-state index >= 15 is 0 Å². The zero-order valence-corrected chi connectivity index (χ0v) is 8.40. The zero-order chi connectivity index (χ0) is 9.54. The fraction of sp³-hybridized carbons (Fsp3) is 0.417. The second-order valence-corrected chi connectivity index (χ2v) is 4.06. The molecule has 0 radical (unpaired) electrons. The average molecular weight is 186 g/mol. The van der Waals surface area contributed by atoms with Crippen LogP contribution in [0.5, 0.6) is 0 Å². The second kappa shape index (κ2) is 2.84. The highest BCUT2D eigenvalue weighted by molar-refractivity contribution is 5.76. The third-order valence-corrected chi connectivity index (χ3v) is 2.99. The van der Waals surface area contributed by atoms with Crippen LogP contribution in [0.4, 0.5) is 0 Å². The number of nitrogens with zero attached hydrogens (tertiary/aromatic N) is 2. The Hall–Kier alpha value is -1.31. The maximum atomic E-state index is 4.42. The molecule has 0 bridgehead atoms. The average Bonchev–Trinajstić information content (AvgIpc) is 2.98. The molecule has 2 heteroatoms. The van der Waals surface area contributed by atoms with E-state index in [1.807, 2.05) is 6.33 Å². The van der Waals surface area contributed by atoms with Crippen molar-refractivity contribution in [3.05, 3.63) is 30.1 Å². The SMILES string of the molecule is CCc1ccc2ncn(C3CC3)c2c1. The smallest absolute Gasteiger partial charge is 0.0960 e. The molecule has 14 heavy (non-hydrogen) atoms. The molecule has 1 aromatic heterocycles. The maximum Gasteiger partial charge on any atom is 0.0960 e. The lowest BCUT2D eigenvalue weighted by Gasteiger charge is -2.02. The molecule has 0 atom stereocenters. The molecule has 0 unspecified atom stereocenters. The minimum Gasteiger partial charge on any atom is -0.327 e. The van der Waals surface area contributed by atoms with Gasteiger partial charge < -0.3 is 4.57 Å². The maximum absolute atomic E-state index is 4.42. The lowest BCUT2D eigenvalue weighted by atomic mass is 10.1. The van der Waals surface area contributed by atoms with E-state index in [0.29, 0.717) is 0 Å². The minimum absolute atomic E-state index is 0.729. The second-order valence-electron chi connectivity index (χ2n) is 4.06. The molecule has 0 saturated heterocycles. The zero-order valence-electron chi connectivity index (χ0n) is 8.40. The monoisotopic (exact) mass is 186 g/mol. The minimum atomic E-state index is 0.729. The molecule has 0 amide bonds. The largest absolute Gasteiger partial charge is 0.327 e.